The van der Waals surface area contributed by atoms with Gasteiger partial charge in [-0.05, 0) is 43.7 Å². The Kier molecular flexibility index (Phi) is 7.17. The molecule has 2 N–H and O–H groups in total. The van der Waals surface area contributed by atoms with Crippen molar-refractivity contribution in [1.82, 2.24) is 20.4 Å². The van der Waals surface area contributed by atoms with E-state index in [1.807, 2.05) is 36.3 Å². The van der Waals surface area contributed by atoms with Crippen LogP contribution in [0.2, 0.25) is 0 Å². The van der Waals surface area contributed by atoms with E-state index in [0.29, 0.717) is 6.54 Å². The van der Waals surface area contributed by atoms with Gasteiger partial charge >= 0.3 is 0 Å². The summed E-state index contributed by atoms with van der Waals surface area (Å²) in [4.78, 5) is 4.32. The maximum Gasteiger partial charge on any atom is 0.191 e. The van der Waals surface area contributed by atoms with E-state index in [0.717, 1.165) is 48.8 Å². The predicted octanol–water partition coefficient (Wildman–Crippen LogP) is 2.66. The van der Waals surface area contributed by atoms with Crippen molar-refractivity contribution in [2.45, 2.75) is 44.8 Å². The lowest BCUT2D eigenvalue weighted by Crippen LogP contribution is -2.38. The number of nitrogens with one attached hydrogen (secondary N) is 2. The Morgan fingerprint density at radius 3 is 2.79 bits per heavy atom. The topological polar surface area (TPSA) is 72.7 Å². The van der Waals surface area contributed by atoms with Gasteiger partial charge in [0.05, 0.1) is 19.4 Å². The van der Waals surface area contributed by atoms with Gasteiger partial charge in [0.2, 0.25) is 0 Å². The van der Waals surface area contributed by atoms with Gasteiger partial charge in [-0.1, -0.05) is 12.1 Å². The van der Waals surface area contributed by atoms with E-state index < -0.39 is 0 Å². The minimum Gasteiger partial charge on any atom is -0.493 e. The summed E-state index contributed by atoms with van der Waals surface area (Å²) in [6.07, 6.45) is 9.80. The number of rotatable bonds is 8. The molecule has 1 aromatic carbocycles. The first-order valence-corrected chi connectivity index (χ1v) is 9.94. The second-order valence-electron chi connectivity index (χ2n) is 7.10. The van der Waals surface area contributed by atoms with Crippen molar-refractivity contribution in [2.24, 2.45) is 12.0 Å². The average Bonchev–Trinajstić information content (AvgIpc) is 3.37. The van der Waals surface area contributed by atoms with Crippen molar-refractivity contribution < 1.29 is 9.47 Å². The molecule has 0 bridgehead atoms. The van der Waals surface area contributed by atoms with Crippen LogP contribution in [0.25, 0.3) is 0 Å². The minimum atomic E-state index is 0.284. The molecule has 0 spiro atoms. The average molecular weight is 386 g/mol. The highest BCUT2D eigenvalue weighted by Crippen LogP contribution is 2.34. The van der Waals surface area contributed by atoms with E-state index in [1.165, 1.54) is 18.4 Å². The molecule has 1 aliphatic rings. The van der Waals surface area contributed by atoms with Crippen LogP contribution in [0.15, 0.2) is 35.6 Å². The second-order valence-corrected chi connectivity index (χ2v) is 7.10. The molecule has 1 heterocycles. The van der Waals surface area contributed by atoms with Crippen LogP contribution in [0.3, 0.4) is 0 Å². The number of nitrogens with zero attached hydrogens (tertiary/aromatic N) is 3. The monoisotopic (exact) mass is 385 g/mol. The van der Waals surface area contributed by atoms with Crippen LogP contribution >= 0.6 is 0 Å². The summed E-state index contributed by atoms with van der Waals surface area (Å²) in [5, 5.41) is 10.9. The quantitative estimate of drug-likeness (QED) is 0.540. The number of aromatic nitrogens is 2. The number of methoxy groups -OCH3 is 1. The molecule has 0 atom stereocenters. The van der Waals surface area contributed by atoms with Crippen molar-refractivity contribution in [3.05, 3.63) is 41.7 Å². The van der Waals surface area contributed by atoms with Gasteiger partial charge in [0.1, 0.15) is 0 Å². The van der Waals surface area contributed by atoms with Crippen molar-refractivity contribution in [3.63, 3.8) is 0 Å². The number of para-hydroxylation sites is 1. The van der Waals surface area contributed by atoms with E-state index in [9.17, 15) is 0 Å². The molecule has 0 saturated heterocycles. The fourth-order valence-corrected chi connectivity index (χ4v) is 3.49. The zero-order chi connectivity index (χ0) is 19.8. The minimum absolute atomic E-state index is 0.284. The molecule has 0 unspecified atom stereocenters. The first-order chi connectivity index (χ1) is 13.7. The van der Waals surface area contributed by atoms with Crippen LogP contribution in [-0.2, 0) is 20.0 Å². The third-order valence-corrected chi connectivity index (χ3v) is 5.00. The molecule has 1 saturated carbocycles. The molecule has 7 heteroatoms. The number of ether oxygens (including phenoxy) is 2. The summed E-state index contributed by atoms with van der Waals surface area (Å²) in [7, 11) is 5.39. The maximum atomic E-state index is 6.30. The fourth-order valence-electron chi connectivity index (χ4n) is 3.49. The van der Waals surface area contributed by atoms with Gasteiger partial charge in [0.25, 0.3) is 0 Å². The van der Waals surface area contributed by atoms with Crippen molar-refractivity contribution in [1.29, 1.82) is 0 Å². The largest absolute Gasteiger partial charge is 0.493 e. The molecule has 0 radical (unpaired) electrons. The van der Waals surface area contributed by atoms with E-state index in [-0.39, 0.29) is 6.10 Å². The smallest absolute Gasteiger partial charge is 0.191 e. The summed E-state index contributed by atoms with van der Waals surface area (Å²) < 4.78 is 13.7. The maximum absolute atomic E-state index is 6.30. The van der Waals surface area contributed by atoms with Crippen LogP contribution in [0.1, 0.15) is 36.8 Å². The van der Waals surface area contributed by atoms with Gasteiger partial charge in [-0.3, -0.25) is 9.67 Å². The van der Waals surface area contributed by atoms with E-state index >= 15 is 0 Å². The number of guanidine groups is 1. The second kappa shape index (κ2) is 10.0. The highest BCUT2D eigenvalue weighted by molar-refractivity contribution is 5.79. The normalized spacial score (nSPS) is 14.9. The SMILES string of the molecule is CN=C(NCCc1cnn(C)c1)NCc1cccc(OC)c1OC1CCCC1. The Morgan fingerprint density at radius 1 is 1.29 bits per heavy atom. The van der Waals surface area contributed by atoms with Gasteiger partial charge in [0.15, 0.2) is 17.5 Å². The Morgan fingerprint density at radius 2 is 2.11 bits per heavy atom. The zero-order valence-corrected chi connectivity index (χ0v) is 17.1. The molecule has 0 aliphatic heterocycles. The summed E-state index contributed by atoms with van der Waals surface area (Å²) in [5.74, 6) is 2.39. The highest BCUT2D eigenvalue weighted by atomic mass is 16.5. The Hall–Kier alpha value is -2.70. The summed E-state index contributed by atoms with van der Waals surface area (Å²) in [6, 6.07) is 6.02. The van der Waals surface area contributed by atoms with Gasteiger partial charge in [-0.2, -0.15) is 5.10 Å². The summed E-state index contributed by atoms with van der Waals surface area (Å²) >= 11 is 0. The Labute approximate surface area is 167 Å². The number of hydrogen-bond donors (Lipinski definition) is 2. The molecule has 2 aromatic rings. The number of hydrogen-bond acceptors (Lipinski definition) is 4. The standard InChI is InChI=1S/C21H31N5O2/c1-22-21(23-12-11-16-13-25-26(2)15-16)24-14-17-7-6-10-19(27-3)20(17)28-18-8-4-5-9-18/h6-7,10,13,15,18H,4-5,8-9,11-12,14H2,1-3H3,(H2,22,23,24). The molecular formula is C21H31N5O2. The number of aliphatic imine (C=N–C) groups is 1. The Bertz CT molecular complexity index is 781. The van der Waals surface area contributed by atoms with E-state index in [2.05, 4.69) is 26.8 Å². The lowest BCUT2D eigenvalue weighted by Gasteiger charge is -2.20. The molecule has 0 amide bonds. The molecule has 3 rings (SSSR count). The molecular weight excluding hydrogens is 354 g/mol. The number of benzene rings is 1. The lowest BCUT2D eigenvalue weighted by atomic mass is 10.1. The summed E-state index contributed by atoms with van der Waals surface area (Å²) in [5.41, 5.74) is 2.27. The van der Waals surface area contributed by atoms with Crippen LogP contribution in [-0.4, -0.2) is 42.5 Å². The molecule has 1 aromatic heterocycles. The number of aryl methyl sites for hydroxylation is 1. The van der Waals surface area contributed by atoms with E-state index in [1.54, 1.807) is 14.2 Å². The molecule has 1 fully saturated rings. The zero-order valence-electron chi connectivity index (χ0n) is 17.1. The summed E-state index contributed by atoms with van der Waals surface area (Å²) in [6.45, 7) is 1.40. The lowest BCUT2D eigenvalue weighted by molar-refractivity contribution is 0.198. The predicted molar refractivity (Wildman–Crippen MR) is 111 cm³/mol. The van der Waals surface area contributed by atoms with Gasteiger partial charge in [0, 0.05) is 38.9 Å². The molecule has 1 aliphatic carbocycles. The van der Waals surface area contributed by atoms with Crippen LogP contribution in [0, 0.1) is 0 Å². The molecule has 152 valence electrons. The fraction of sp³-hybridized carbons (Fsp3) is 0.524. The highest BCUT2D eigenvalue weighted by Gasteiger charge is 2.20. The van der Waals surface area contributed by atoms with Crippen LogP contribution in [0.4, 0.5) is 0 Å². The first-order valence-electron chi connectivity index (χ1n) is 9.94. The van der Waals surface area contributed by atoms with Gasteiger partial charge < -0.3 is 20.1 Å². The third-order valence-electron chi connectivity index (χ3n) is 5.00. The third kappa shape index (κ3) is 5.41. The molecule has 28 heavy (non-hydrogen) atoms. The molecule has 7 nitrogen and oxygen atoms in total. The van der Waals surface area contributed by atoms with Crippen molar-refractivity contribution in [2.75, 3.05) is 20.7 Å². The van der Waals surface area contributed by atoms with Crippen molar-refractivity contribution in [3.8, 4) is 11.5 Å². The van der Waals surface area contributed by atoms with Gasteiger partial charge in [-0.15, -0.1) is 0 Å². The van der Waals surface area contributed by atoms with Crippen LogP contribution < -0.4 is 20.1 Å². The van der Waals surface area contributed by atoms with E-state index in [4.69, 9.17) is 9.47 Å². The first kappa shape index (κ1) is 20.0. The van der Waals surface area contributed by atoms with Crippen molar-refractivity contribution >= 4 is 5.96 Å². The van der Waals surface area contributed by atoms with Gasteiger partial charge in [-0.25, -0.2) is 0 Å². The Balaban J connectivity index is 1.57. The van der Waals surface area contributed by atoms with Crippen LogP contribution in [0.5, 0.6) is 11.5 Å².